The van der Waals surface area contributed by atoms with Crippen molar-refractivity contribution in [2.24, 2.45) is 5.92 Å². The summed E-state index contributed by atoms with van der Waals surface area (Å²) in [5.41, 5.74) is 0.824. The number of hydrogen-bond donors (Lipinski definition) is 1. The van der Waals surface area contributed by atoms with E-state index in [1.54, 1.807) is 19.1 Å². The molecule has 6 nitrogen and oxygen atoms in total. The van der Waals surface area contributed by atoms with Crippen LogP contribution < -0.4 is 5.32 Å². The molecule has 2 aliphatic rings. The number of aryl methyl sites for hydroxylation is 1. The number of piperidine rings is 1. The molecule has 2 unspecified atom stereocenters. The number of carbonyl (C=O) groups is 1. The molecule has 2 atom stereocenters. The minimum absolute atomic E-state index is 0.0897. The average molecular weight is 289 g/mol. The molecule has 3 rings (SSSR count). The van der Waals surface area contributed by atoms with E-state index in [9.17, 15) is 14.9 Å². The van der Waals surface area contributed by atoms with Gasteiger partial charge in [0.1, 0.15) is 5.56 Å². The van der Waals surface area contributed by atoms with Gasteiger partial charge in [0.15, 0.2) is 0 Å². The predicted octanol–water partition coefficient (Wildman–Crippen LogP) is 1.73. The number of nitro benzene ring substituents is 1. The third-order valence-electron chi connectivity index (χ3n) is 4.60. The first-order valence-corrected chi connectivity index (χ1v) is 7.35. The zero-order valence-electron chi connectivity index (χ0n) is 12.0. The number of benzene rings is 1. The van der Waals surface area contributed by atoms with Gasteiger partial charge < -0.3 is 10.2 Å². The van der Waals surface area contributed by atoms with Gasteiger partial charge in [0.05, 0.1) is 4.92 Å². The van der Waals surface area contributed by atoms with Gasteiger partial charge in [-0.05, 0) is 31.2 Å². The van der Waals surface area contributed by atoms with Crippen LogP contribution in [0, 0.1) is 23.0 Å². The highest BCUT2D eigenvalue weighted by Crippen LogP contribution is 2.30. The molecule has 0 aromatic heterocycles. The summed E-state index contributed by atoms with van der Waals surface area (Å²) in [5, 5.41) is 14.5. The minimum Gasteiger partial charge on any atom is -0.334 e. The summed E-state index contributed by atoms with van der Waals surface area (Å²) in [7, 11) is 0. The van der Waals surface area contributed by atoms with Crippen LogP contribution in [-0.2, 0) is 0 Å². The Morgan fingerprint density at radius 1 is 1.43 bits per heavy atom. The Labute approximate surface area is 123 Å². The Morgan fingerprint density at radius 3 is 3.00 bits per heavy atom. The van der Waals surface area contributed by atoms with Crippen LogP contribution in [0.3, 0.4) is 0 Å². The molecule has 2 saturated heterocycles. The van der Waals surface area contributed by atoms with Crippen molar-refractivity contribution in [3.8, 4) is 0 Å². The van der Waals surface area contributed by atoms with Crippen LogP contribution in [-0.4, -0.2) is 41.4 Å². The van der Waals surface area contributed by atoms with Crippen LogP contribution in [0.15, 0.2) is 18.2 Å². The number of rotatable bonds is 2. The monoisotopic (exact) mass is 289 g/mol. The topological polar surface area (TPSA) is 75.5 Å². The van der Waals surface area contributed by atoms with Gasteiger partial charge in [-0.1, -0.05) is 12.1 Å². The lowest BCUT2D eigenvalue weighted by atomic mass is 9.91. The smallest absolute Gasteiger partial charge is 0.282 e. The van der Waals surface area contributed by atoms with Gasteiger partial charge >= 0.3 is 0 Å². The number of fused-ring (bicyclic) bond motifs is 1. The van der Waals surface area contributed by atoms with Crippen molar-refractivity contribution in [1.29, 1.82) is 0 Å². The van der Waals surface area contributed by atoms with Crippen molar-refractivity contribution in [2.45, 2.75) is 25.8 Å². The van der Waals surface area contributed by atoms with E-state index in [0.717, 1.165) is 25.9 Å². The highest BCUT2D eigenvalue weighted by atomic mass is 16.6. The second-order valence-electron chi connectivity index (χ2n) is 5.85. The lowest BCUT2D eigenvalue weighted by Gasteiger charge is -2.37. The number of nitro groups is 1. The summed E-state index contributed by atoms with van der Waals surface area (Å²) in [4.78, 5) is 25.5. The molecule has 112 valence electrons. The number of likely N-dealkylation sites (tertiary alicyclic amines) is 1. The lowest BCUT2D eigenvalue weighted by Crippen LogP contribution is -2.48. The molecule has 2 fully saturated rings. The van der Waals surface area contributed by atoms with Crippen molar-refractivity contribution in [3.05, 3.63) is 39.4 Å². The van der Waals surface area contributed by atoms with E-state index in [0.29, 0.717) is 18.0 Å². The lowest BCUT2D eigenvalue weighted by molar-refractivity contribution is -0.385. The number of carbonyl (C=O) groups excluding carboxylic acids is 1. The average Bonchev–Trinajstić information content (AvgIpc) is 2.94. The molecule has 21 heavy (non-hydrogen) atoms. The van der Waals surface area contributed by atoms with Crippen molar-refractivity contribution in [3.63, 3.8) is 0 Å². The Bertz CT molecular complexity index is 588. The van der Waals surface area contributed by atoms with E-state index in [2.05, 4.69) is 5.32 Å². The van der Waals surface area contributed by atoms with E-state index in [4.69, 9.17) is 0 Å². The van der Waals surface area contributed by atoms with Gasteiger partial charge in [0, 0.05) is 31.7 Å². The van der Waals surface area contributed by atoms with Crippen molar-refractivity contribution >= 4 is 11.6 Å². The van der Waals surface area contributed by atoms with Crippen LogP contribution in [0.25, 0.3) is 0 Å². The van der Waals surface area contributed by atoms with Crippen molar-refractivity contribution in [2.75, 3.05) is 19.6 Å². The molecule has 1 amide bonds. The number of nitrogens with zero attached hydrogens (tertiary/aromatic N) is 2. The second kappa shape index (κ2) is 5.44. The van der Waals surface area contributed by atoms with Gasteiger partial charge in [-0.15, -0.1) is 0 Å². The molecule has 0 spiro atoms. The highest BCUT2D eigenvalue weighted by Gasteiger charge is 2.39. The molecule has 1 aromatic carbocycles. The normalized spacial score (nSPS) is 24.7. The van der Waals surface area contributed by atoms with Gasteiger partial charge in [-0.2, -0.15) is 0 Å². The molecule has 0 saturated carbocycles. The first-order valence-electron chi connectivity index (χ1n) is 7.35. The summed E-state index contributed by atoms with van der Waals surface area (Å²) < 4.78 is 0. The fourth-order valence-electron chi connectivity index (χ4n) is 3.55. The van der Waals surface area contributed by atoms with E-state index < -0.39 is 4.92 Å². The predicted molar refractivity (Wildman–Crippen MR) is 78.3 cm³/mol. The van der Waals surface area contributed by atoms with Gasteiger partial charge in [-0.3, -0.25) is 14.9 Å². The van der Waals surface area contributed by atoms with Gasteiger partial charge in [-0.25, -0.2) is 0 Å². The van der Waals surface area contributed by atoms with Crippen LogP contribution in [0.4, 0.5) is 5.69 Å². The van der Waals surface area contributed by atoms with Gasteiger partial charge in [0.2, 0.25) is 0 Å². The summed E-state index contributed by atoms with van der Waals surface area (Å²) in [6.07, 6.45) is 2.09. The van der Waals surface area contributed by atoms with Crippen LogP contribution in [0.5, 0.6) is 0 Å². The molecule has 1 aromatic rings. The molecule has 2 aliphatic heterocycles. The third kappa shape index (κ3) is 2.40. The van der Waals surface area contributed by atoms with E-state index in [1.165, 1.54) is 6.07 Å². The molecule has 2 heterocycles. The van der Waals surface area contributed by atoms with E-state index in [-0.39, 0.29) is 23.2 Å². The maximum atomic E-state index is 12.9. The molecular formula is C15H19N3O3. The quantitative estimate of drug-likeness (QED) is 0.664. The van der Waals surface area contributed by atoms with Crippen molar-refractivity contribution in [1.82, 2.24) is 10.2 Å². The summed E-state index contributed by atoms with van der Waals surface area (Å²) in [6, 6.07) is 4.97. The maximum absolute atomic E-state index is 12.9. The zero-order chi connectivity index (χ0) is 15.0. The second-order valence-corrected chi connectivity index (χ2v) is 5.85. The standard InChI is InChI=1S/C15H19N3O3/c1-10-4-2-6-12(18(20)21)14(10)15(19)17-7-3-5-11-8-16-9-13(11)17/h2,4,6,11,13,16H,3,5,7-9H2,1H3. The fraction of sp³-hybridized carbons (Fsp3) is 0.533. The van der Waals surface area contributed by atoms with Crippen LogP contribution >= 0.6 is 0 Å². The van der Waals surface area contributed by atoms with Crippen LogP contribution in [0.2, 0.25) is 0 Å². The SMILES string of the molecule is Cc1cccc([N+](=O)[O-])c1C(=O)N1CCCC2CNCC21. The fourth-order valence-corrected chi connectivity index (χ4v) is 3.55. The Balaban J connectivity index is 1.97. The Kier molecular flexibility index (Phi) is 3.63. The maximum Gasteiger partial charge on any atom is 0.282 e. The largest absolute Gasteiger partial charge is 0.334 e. The molecule has 6 heteroatoms. The van der Waals surface area contributed by atoms with Crippen LogP contribution in [0.1, 0.15) is 28.8 Å². The minimum atomic E-state index is -0.464. The molecule has 1 N–H and O–H groups in total. The first-order chi connectivity index (χ1) is 10.1. The highest BCUT2D eigenvalue weighted by molar-refractivity contribution is 5.99. The molecule has 0 aliphatic carbocycles. The molecule has 0 radical (unpaired) electrons. The summed E-state index contributed by atoms with van der Waals surface area (Å²) in [5.74, 6) is 0.281. The number of hydrogen-bond acceptors (Lipinski definition) is 4. The van der Waals surface area contributed by atoms with E-state index >= 15 is 0 Å². The Morgan fingerprint density at radius 2 is 2.24 bits per heavy atom. The summed E-state index contributed by atoms with van der Waals surface area (Å²) >= 11 is 0. The number of nitrogens with one attached hydrogen (secondary N) is 1. The number of amides is 1. The van der Waals surface area contributed by atoms with E-state index in [1.807, 2.05) is 4.90 Å². The summed E-state index contributed by atoms with van der Waals surface area (Å²) in [6.45, 7) is 4.17. The Hall–Kier alpha value is -1.95. The van der Waals surface area contributed by atoms with Crippen molar-refractivity contribution < 1.29 is 9.72 Å². The third-order valence-corrected chi connectivity index (χ3v) is 4.60. The van der Waals surface area contributed by atoms with Gasteiger partial charge in [0.25, 0.3) is 11.6 Å². The first kappa shape index (κ1) is 14.0. The molecule has 0 bridgehead atoms. The molecular weight excluding hydrogens is 270 g/mol. The zero-order valence-corrected chi connectivity index (χ0v) is 12.0.